The fraction of sp³-hybridized carbons (Fsp3) is 0.444. The average molecular weight is 283 g/mol. The Morgan fingerprint density at radius 1 is 0.952 bits per heavy atom. The monoisotopic (exact) mass is 283 g/mol. The van der Waals surface area contributed by atoms with E-state index in [-0.39, 0.29) is 0 Å². The van der Waals surface area contributed by atoms with Crippen LogP contribution in [0.4, 0.5) is 5.82 Å². The van der Waals surface area contributed by atoms with Gasteiger partial charge < -0.3 is 5.32 Å². The molecular formula is C18H25N3. The molecule has 1 aromatic carbocycles. The zero-order chi connectivity index (χ0) is 15.2. The number of nitrogens with one attached hydrogen (secondary N) is 1. The van der Waals surface area contributed by atoms with Crippen LogP contribution in [0.2, 0.25) is 0 Å². The zero-order valence-electron chi connectivity index (χ0n) is 13.5. The normalized spacial score (nSPS) is 10.7. The number of anilines is 1. The van der Waals surface area contributed by atoms with Gasteiger partial charge in [-0.3, -0.25) is 0 Å². The number of rotatable bonds is 6. The summed E-state index contributed by atoms with van der Waals surface area (Å²) in [5.74, 6) is 1.85. The standard InChI is InChI=1S/C18H25N3/c1-5-7-14-9-11-15(12-10-14)17-13(3)18(19-4)21-16(20-17)8-6-2/h9-12H,5-8H2,1-4H3,(H,19,20,21). The molecule has 21 heavy (non-hydrogen) atoms. The van der Waals surface area contributed by atoms with Gasteiger partial charge in [0, 0.05) is 24.6 Å². The number of benzene rings is 1. The summed E-state index contributed by atoms with van der Waals surface area (Å²) >= 11 is 0. The lowest BCUT2D eigenvalue weighted by molar-refractivity contribution is 0.834. The van der Waals surface area contributed by atoms with Gasteiger partial charge in [-0.1, -0.05) is 44.5 Å². The van der Waals surface area contributed by atoms with Crippen LogP contribution in [-0.2, 0) is 12.8 Å². The molecule has 3 heteroatoms. The van der Waals surface area contributed by atoms with E-state index in [2.05, 4.69) is 55.3 Å². The van der Waals surface area contributed by atoms with Crippen LogP contribution < -0.4 is 5.32 Å². The van der Waals surface area contributed by atoms with Crippen LogP contribution in [0.15, 0.2) is 24.3 Å². The summed E-state index contributed by atoms with van der Waals surface area (Å²) in [7, 11) is 1.92. The molecule has 0 amide bonds. The smallest absolute Gasteiger partial charge is 0.132 e. The van der Waals surface area contributed by atoms with Crippen molar-refractivity contribution < 1.29 is 0 Å². The van der Waals surface area contributed by atoms with E-state index in [0.29, 0.717) is 0 Å². The van der Waals surface area contributed by atoms with Gasteiger partial charge in [-0.05, 0) is 25.3 Å². The van der Waals surface area contributed by atoms with Crippen molar-refractivity contribution in [1.82, 2.24) is 9.97 Å². The van der Waals surface area contributed by atoms with Crippen molar-refractivity contribution in [3.63, 3.8) is 0 Å². The Hall–Kier alpha value is -1.90. The lowest BCUT2D eigenvalue weighted by Gasteiger charge is -2.12. The molecule has 0 radical (unpaired) electrons. The van der Waals surface area contributed by atoms with E-state index in [4.69, 9.17) is 4.98 Å². The first-order chi connectivity index (χ1) is 10.2. The minimum Gasteiger partial charge on any atom is -0.373 e. The highest BCUT2D eigenvalue weighted by molar-refractivity contribution is 5.68. The largest absolute Gasteiger partial charge is 0.373 e. The second-order valence-electron chi connectivity index (χ2n) is 5.41. The van der Waals surface area contributed by atoms with Crippen LogP contribution >= 0.6 is 0 Å². The molecule has 0 aliphatic rings. The number of aryl methyl sites for hydroxylation is 2. The molecule has 0 aliphatic heterocycles. The molecule has 3 nitrogen and oxygen atoms in total. The molecule has 112 valence electrons. The highest BCUT2D eigenvalue weighted by Gasteiger charge is 2.11. The Bertz CT molecular complexity index is 588. The van der Waals surface area contributed by atoms with Crippen molar-refractivity contribution in [2.45, 2.75) is 46.5 Å². The van der Waals surface area contributed by atoms with E-state index in [9.17, 15) is 0 Å². The summed E-state index contributed by atoms with van der Waals surface area (Å²) < 4.78 is 0. The second kappa shape index (κ2) is 7.21. The van der Waals surface area contributed by atoms with Crippen molar-refractivity contribution in [3.8, 4) is 11.3 Å². The van der Waals surface area contributed by atoms with E-state index in [1.165, 1.54) is 17.5 Å². The molecule has 0 fully saturated rings. The van der Waals surface area contributed by atoms with Crippen molar-refractivity contribution in [3.05, 3.63) is 41.2 Å². The van der Waals surface area contributed by atoms with Gasteiger partial charge in [-0.15, -0.1) is 0 Å². The number of hydrogen-bond donors (Lipinski definition) is 1. The highest BCUT2D eigenvalue weighted by Crippen LogP contribution is 2.26. The zero-order valence-corrected chi connectivity index (χ0v) is 13.5. The molecule has 2 rings (SSSR count). The summed E-state index contributed by atoms with van der Waals surface area (Å²) in [4.78, 5) is 9.36. The molecule has 0 saturated carbocycles. The molecule has 0 unspecified atom stereocenters. The van der Waals surface area contributed by atoms with Gasteiger partial charge in [0.2, 0.25) is 0 Å². The maximum Gasteiger partial charge on any atom is 0.132 e. The Morgan fingerprint density at radius 2 is 1.62 bits per heavy atom. The molecule has 1 aromatic heterocycles. The molecule has 0 bridgehead atoms. The van der Waals surface area contributed by atoms with Gasteiger partial charge in [0.1, 0.15) is 11.6 Å². The van der Waals surface area contributed by atoms with Gasteiger partial charge in [-0.2, -0.15) is 0 Å². The summed E-state index contributed by atoms with van der Waals surface area (Å²) in [6.45, 7) is 6.44. The summed E-state index contributed by atoms with van der Waals surface area (Å²) in [6, 6.07) is 8.77. The van der Waals surface area contributed by atoms with Gasteiger partial charge in [-0.25, -0.2) is 9.97 Å². The first-order valence-electron chi connectivity index (χ1n) is 7.84. The number of hydrogen-bond acceptors (Lipinski definition) is 3. The SMILES string of the molecule is CCCc1ccc(-c2nc(CCC)nc(NC)c2C)cc1. The lowest BCUT2D eigenvalue weighted by atomic mass is 10.0. The molecular weight excluding hydrogens is 258 g/mol. The van der Waals surface area contributed by atoms with Crippen LogP contribution in [-0.4, -0.2) is 17.0 Å². The van der Waals surface area contributed by atoms with Gasteiger partial charge in [0.15, 0.2) is 0 Å². The quantitative estimate of drug-likeness (QED) is 0.854. The van der Waals surface area contributed by atoms with E-state index < -0.39 is 0 Å². The number of nitrogens with zero attached hydrogens (tertiary/aromatic N) is 2. The third-order valence-corrected chi connectivity index (χ3v) is 3.67. The van der Waals surface area contributed by atoms with E-state index in [1.807, 2.05) is 7.05 Å². The molecule has 1 heterocycles. The Kier molecular flexibility index (Phi) is 5.32. The van der Waals surface area contributed by atoms with Gasteiger partial charge in [0.25, 0.3) is 0 Å². The molecule has 0 saturated heterocycles. The Morgan fingerprint density at radius 3 is 2.19 bits per heavy atom. The average Bonchev–Trinajstić information content (AvgIpc) is 2.50. The van der Waals surface area contributed by atoms with E-state index >= 15 is 0 Å². The third-order valence-electron chi connectivity index (χ3n) is 3.67. The second-order valence-corrected chi connectivity index (χ2v) is 5.41. The fourth-order valence-corrected chi connectivity index (χ4v) is 2.54. The van der Waals surface area contributed by atoms with Crippen molar-refractivity contribution in [2.24, 2.45) is 0 Å². The highest BCUT2D eigenvalue weighted by atomic mass is 15.0. The minimum absolute atomic E-state index is 0.913. The van der Waals surface area contributed by atoms with Gasteiger partial charge >= 0.3 is 0 Å². The summed E-state index contributed by atoms with van der Waals surface area (Å²) in [5.41, 5.74) is 4.71. The predicted molar refractivity (Wildman–Crippen MR) is 89.7 cm³/mol. The van der Waals surface area contributed by atoms with Crippen LogP contribution in [0.5, 0.6) is 0 Å². The number of aromatic nitrogens is 2. The van der Waals surface area contributed by atoms with Crippen molar-refractivity contribution in [1.29, 1.82) is 0 Å². The topological polar surface area (TPSA) is 37.8 Å². The fourth-order valence-electron chi connectivity index (χ4n) is 2.54. The summed E-state index contributed by atoms with van der Waals surface area (Å²) in [5, 5.41) is 3.18. The first-order valence-corrected chi connectivity index (χ1v) is 7.84. The van der Waals surface area contributed by atoms with E-state index in [1.54, 1.807) is 0 Å². The Balaban J connectivity index is 2.43. The first kappa shape index (κ1) is 15.5. The van der Waals surface area contributed by atoms with Crippen LogP contribution in [0, 0.1) is 6.92 Å². The summed E-state index contributed by atoms with van der Waals surface area (Å²) in [6.07, 6.45) is 4.28. The lowest BCUT2D eigenvalue weighted by Crippen LogP contribution is -2.05. The van der Waals surface area contributed by atoms with Crippen LogP contribution in [0.25, 0.3) is 11.3 Å². The predicted octanol–water partition coefficient (Wildman–Crippen LogP) is 4.40. The van der Waals surface area contributed by atoms with Crippen LogP contribution in [0.1, 0.15) is 43.6 Å². The van der Waals surface area contributed by atoms with Crippen molar-refractivity contribution >= 4 is 5.82 Å². The molecule has 0 spiro atoms. The van der Waals surface area contributed by atoms with E-state index in [0.717, 1.165) is 42.2 Å². The molecule has 0 aliphatic carbocycles. The molecule has 1 N–H and O–H groups in total. The maximum absolute atomic E-state index is 4.77. The minimum atomic E-state index is 0.913. The Labute approximate surface area is 127 Å². The van der Waals surface area contributed by atoms with Gasteiger partial charge in [0.05, 0.1) is 5.69 Å². The van der Waals surface area contributed by atoms with Crippen molar-refractivity contribution in [2.75, 3.05) is 12.4 Å². The molecule has 0 atom stereocenters. The van der Waals surface area contributed by atoms with Crippen LogP contribution in [0.3, 0.4) is 0 Å². The molecule has 2 aromatic rings. The maximum atomic E-state index is 4.77. The third kappa shape index (κ3) is 3.60.